The number of benzene rings is 1. The van der Waals surface area contributed by atoms with Gasteiger partial charge in [0, 0.05) is 0 Å². The van der Waals surface area contributed by atoms with Gasteiger partial charge in [-0.3, -0.25) is 4.79 Å². The SMILES string of the molecule is CCCCC(NC(=O)C1(Cc2ccccc2F)CC1)C(=O)O. The fourth-order valence-corrected chi connectivity index (χ4v) is 2.62. The lowest BCUT2D eigenvalue weighted by molar-refractivity contribution is -0.143. The molecule has 1 atom stereocenters. The second kappa shape index (κ2) is 6.90. The molecule has 1 unspecified atom stereocenters. The van der Waals surface area contributed by atoms with Crippen LogP contribution in [0.3, 0.4) is 0 Å². The molecule has 0 heterocycles. The van der Waals surface area contributed by atoms with Gasteiger partial charge in [0.1, 0.15) is 11.9 Å². The molecule has 4 nitrogen and oxygen atoms in total. The first kappa shape index (κ1) is 16.5. The van der Waals surface area contributed by atoms with Crippen LogP contribution in [-0.2, 0) is 16.0 Å². The highest BCUT2D eigenvalue weighted by molar-refractivity contribution is 5.89. The maximum atomic E-state index is 13.7. The van der Waals surface area contributed by atoms with E-state index >= 15 is 0 Å². The number of nitrogens with one attached hydrogen (secondary N) is 1. The molecule has 0 bridgehead atoms. The Kier molecular flexibility index (Phi) is 5.16. The first-order valence-electron chi connectivity index (χ1n) is 7.76. The second-order valence-electron chi connectivity index (χ2n) is 6.06. The van der Waals surface area contributed by atoms with Gasteiger partial charge in [-0.25, -0.2) is 9.18 Å². The average Bonchev–Trinajstić information content (AvgIpc) is 3.26. The Morgan fingerprint density at radius 2 is 2.05 bits per heavy atom. The Hall–Kier alpha value is -1.91. The molecular weight excluding hydrogens is 285 g/mol. The molecule has 1 saturated carbocycles. The summed E-state index contributed by atoms with van der Waals surface area (Å²) >= 11 is 0. The van der Waals surface area contributed by atoms with Gasteiger partial charge in [-0.15, -0.1) is 0 Å². The lowest BCUT2D eigenvalue weighted by atomic mass is 9.94. The smallest absolute Gasteiger partial charge is 0.326 e. The number of hydrogen-bond donors (Lipinski definition) is 2. The molecule has 0 saturated heterocycles. The standard InChI is InChI=1S/C17H22FNO3/c1-2-3-8-14(15(20)21)19-16(22)17(9-10-17)11-12-6-4-5-7-13(12)18/h4-7,14H,2-3,8-11H2,1H3,(H,19,22)(H,20,21). The quantitative estimate of drug-likeness (QED) is 0.776. The molecule has 1 aliphatic carbocycles. The highest BCUT2D eigenvalue weighted by Crippen LogP contribution is 2.49. The van der Waals surface area contributed by atoms with Crippen LogP contribution in [0, 0.1) is 11.2 Å². The summed E-state index contributed by atoms with van der Waals surface area (Å²) in [6.07, 6.45) is 3.72. The van der Waals surface area contributed by atoms with E-state index in [9.17, 15) is 19.1 Å². The van der Waals surface area contributed by atoms with Gasteiger partial charge in [-0.2, -0.15) is 0 Å². The Labute approximate surface area is 129 Å². The number of aliphatic carboxylic acids is 1. The summed E-state index contributed by atoms with van der Waals surface area (Å²) in [4.78, 5) is 23.6. The molecule has 1 amide bonds. The van der Waals surface area contributed by atoms with Crippen molar-refractivity contribution in [3.63, 3.8) is 0 Å². The molecule has 2 N–H and O–H groups in total. The summed E-state index contributed by atoms with van der Waals surface area (Å²) in [5, 5.41) is 11.8. The minimum Gasteiger partial charge on any atom is -0.480 e. The van der Waals surface area contributed by atoms with E-state index in [1.807, 2.05) is 6.92 Å². The number of hydrogen-bond acceptors (Lipinski definition) is 2. The van der Waals surface area contributed by atoms with E-state index in [0.717, 1.165) is 12.8 Å². The zero-order chi connectivity index (χ0) is 16.2. The van der Waals surface area contributed by atoms with Crippen molar-refractivity contribution in [1.29, 1.82) is 0 Å². The summed E-state index contributed by atoms with van der Waals surface area (Å²) in [5.41, 5.74) is -0.127. The molecule has 120 valence electrons. The molecule has 0 aliphatic heterocycles. The van der Waals surface area contributed by atoms with Crippen molar-refractivity contribution < 1.29 is 19.1 Å². The number of carbonyl (C=O) groups is 2. The number of rotatable bonds is 8. The van der Waals surface area contributed by atoms with Crippen LogP contribution in [0.4, 0.5) is 4.39 Å². The minimum atomic E-state index is -1.01. The third-order valence-electron chi connectivity index (χ3n) is 4.27. The first-order chi connectivity index (χ1) is 10.5. The molecule has 0 aromatic heterocycles. The summed E-state index contributed by atoms with van der Waals surface area (Å²) < 4.78 is 13.7. The molecule has 5 heteroatoms. The normalized spacial score (nSPS) is 16.8. The average molecular weight is 307 g/mol. The molecule has 0 radical (unpaired) electrons. The summed E-state index contributed by atoms with van der Waals surface area (Å²) in [6.45, 7) is 1.97. The molecule has 22 heavy (non-hydrogen) atoms. The van der Waals surface area contributed by atoms with Gasteiger partial charge in [0.2, 0.25) is 5.91 Å². The maximum Gasteiger partial charge on any atom is 0.326 e. The van der Waals surface area contributed by atoms with E-state index in [4.69, 9.17) is 0 Å². The fourth-order valence-electron chi connectivity index (χ4n) is 2.62. The van der Waals surface area contributed by atoms with Crippen molar-refractivity contribution in [3.05, 3.63) is 35.6 Å². The Balaban J connectivity index is 2.02. The number of unbranched alkanes of at least 4 members (excludes halogenated alkanes) is 1. The number of amides is 1. The maximum absolute atomic E-state index is 13.7. The zero-order valence-electron chi connectivity index (χ0n) is 12.8. The van der Waals surface area contributed by atoms with Crippen molar-refractivity contribution in [1.82, 2.24) is 5.32 Å². The lowest BCUT2D eigenvalue weighted by Gasteiger charge is -2.20. The molecule has 1 aromatic carbocycles. The summed E-state index contributed by atoms with van der Waals surface area (Å²) in [7, 11) is 0. The first-order valence-corrected chi connectivity index (χ1v) is 7.76. The number of carboxylic acids is 1. The van der Waals surface area contributed by atoms with Crippen molar-refractivity contribution in [2.75, 3.05) is 0 Å². The van der Waals surface area contributed by atoms with Gasteiger partial charge in [-0.1, -0.05) is 38.0 Å². The van der Waals surface area contributed by atoms with Crippen LogP contribution in [0.5, 0.6) is 0 Å². The number of carbonyl (C=O) groups excluding carboxylic acids is 1. The Bertz CT molecular complexity index is 555. The van der Waals surface area contributed by atoms with Gasteiger partial charge < -0.3 is 10.4 Å². The van der Waals surface area contributed by atoms with Crippen molar-refractivity contribution in [2.45, 2.75) is 51.5 Å². The van der Waals surface area contributed by atoms with Crippen molar-refractivity contribution >= 4 is 11.9 Å². The van der Waals surface area contributed by atoms with Crippen LogP contribution in [0.1, 0.15) is 44.6 Å². The van der Waals surface area contributed by atoms with E-state index in [0.29, 0.717) is 31.2 Å². The van der Waals surface area contributed by atoms with E-state index < -0.39 is 17.4 Å². The van der Waals surface area contributed by atoms with Crippen molar-refractivity contribution in [3.8, 4) is 0 Å². The summed E-state index contributed by atoms with van der Waals surface area (Å²) in [5.74, 6) is -1.59. The third-order valence-corrected chi connectivity index (χ3v) is 4.27. The van der Waals surface area contributed by atoms with Gasteiger partial charge in [-0.05, 0) is 37.3 Å². The lowest BCUT2D eigenvalue weighted by Crippen LogP contribution is -2.45. The van der Waals surface area contributed by atoms with Crippen LogP contribution in [0.15, 0.2) is 24.3 Å². The minimum absolute atomic E-state index is 0.265. The predicted octanol–water partition coefficient (Wildman–Crippen LogP) is 2.91. The van der Waals surface area contributed by atoms with E-state index in [1.165, 1.54) is 6.07 Å². The van der Waals surface area contributed by atoms with Crippen LogP contribution >= 0.6 is 0 Å². The molecule has 0 spiro atoms. The molecule has 1 aliphatic rings. The molecule has 1 aromatic rings. The zero-order valence-corrected chi connectivity index (χ0v) is 12.8. The third kappa shape index (κ3) is 3.84. The molecular formula is C17H22FNO3. The fraction of sp³-hybridized carbons (Fsp3) is 0.529. The van der Waals surface area contributed by atoms with Gasteiger partial charge in [0.15, 0.2) is 0 Å². The van der Waals surface area contributed by atoms with Gasteiger partial charge in [0.05, 0.1) is 5.41 Å². The number of carboxylic acid groups (broad SMARTS) is 1. The summed E-state index contributed by atoms with van der Waals surface area (Å²) in [6, 6.07) is 5.56. The van der Waals surface area contributed by atoms with Crippen molar-refractivity contribution in [2.24, 2.45) is 5.41 Å². The van der Waals surface area contributed by atoms with Crippen LogP contribution in [0.2, 0.25) is 0 Å². The molecule has 1 fully saturated rings. The predicted molar refractivity (Wildman–Crippen MR) is 80.9 cm³/mol. The molecule has 2 rings (SSSR count). The second-order valence-corrected chi connectivity index (χ2v) is 6.06. The highest BCUT2D eigenvalue weighted by atomic mass is 19.1. The van der Waals surface area contributed by atoms with E-state index in [2.05, 4.69) is 5.32 Å². The van der Waals surface area contributed by atoms with Crippen LogP contribution in [-0.4, -0.2) is 23.0 Å². The van der Waals surface area contributed by atoms with Crippen LogP contribution < -0.4 is 5.32 Å². The van der Waals surface area contributed by atoms with E-state index in [-0.39, 0.29) is 11.7 Å². The largest absolute Gasteiger partial charge is 0.480 e. The van der Waals surface area contributed by atoms with E-state index in [1.54, 1.807) is 18.2 Å². The highest BCUT2D eigenvalue weighted by Gasteiger charge is 2.50. The van der Waals surface area contributed by atoms with Crippen LogP contribution in [0.25, 0.3) is 0 Å². The van der Waals surface area contributed by atoms with Gasteiger partial charge >= 0.3 is 5.97 Å². The number of halogens is 1. The Morgan fingerprint density at radius 3 is 2.59 bits per heavy atom. The topological polar surface area (TPSA) is 66.4 Å². The Morgan fingerprint density at radius 1 is 1.36 bits per heavy atom. The van der Waals surface area contributed by atoms with Gasteiger partial charge in [0.25, 0.3) is 0 Å². The monoisotopic (exact) mass is 307 g/mol.